The van der Waals surface area contributed by atoms with Crippen LogP contribution in [-0.2, 0) is 9.53 Å². The molecule has 140 valence electrons. The number of piperidine rings is 1. The highest BCUT2D eigenvalue weighted by Crippen LogP contribution is 2.34. The molecule has 2 aliphatic rings. The first-order valence-corrected chi connectivity index (χ1v) is 9.86. The summed E-state index contributed by atoms with van der Waals surface area (Å²) < 4.78 is 38.9. The molecule has 0 atom stereocenters. The molecule has 1 aliphatic carbocycles. The first-order valence-electron chi connectivity index (χ1n) is 11.9. The minimum atomic E-state index is -1.98. The molecule has 0 aromatic rings. The molecule has 1 saturated heterocycles. The molecule has 1 aliphatic heterocycles. The summed E-state index contributed by atoms with van der Waals surface area (Å²) in [6.07, 6.45) is 6.46. The number of hydrogen-bond donors (Lipinski definition) is 0. The van der Waals surface area contributed by atoms with Crippen molar-refractivity contribution in [2.75, 3.05) is 26.2 Å². The Balaban J connectivity index is 1.78. The number of nitrogens with zero attached hydrogens (tertiary/aromatic N) is 1. The van der Waals surface area contributed by atoms with Crippen molar-refractivity contribution in [1.82, 2.24) is 4.90 Å². The molecule has 0 aromatic heterocycles. The second-order valence-electron chi connectivity index (χ2n) is 8.31. The minimum Gasteiger partial charge on any atom is -0.381 e. The summed E-state index contributed by atoms with van der Waals surface area (Å²) in [5.41, 5.74) is 0. The molecule has 1 heterocycles. The Morgan fingerprint density at radius 3 is 2.21 bits per heavy atom. The van der Waals surface area contributed by atoms with E-state index in [1.807, 2.05) is 0 Å². The fourth-order valence-corrected chi connectivity index (χ4v) is 3.74. The monoisotopic (exact) mass is 341 g/mol. The Bertz CT molecular complexity index is 499. The van der Waals surface area contributed by atoms with Gasteiger partial charge >= 0.3 is 0 Å². The highest BCUT2D eigenvalue weighted by Gasteiger charge is 2.25. The van der Waals surface area contributed by atoms with Crippen molar-refractivity contribution in [2.24, 2.45) is 29.6 Å². The van der Waals surface area contributed by atoms with E-state index in [9.17, 15) is 4.79 Å². The van der Waals surface area contributed by atoms with Crippen molar-refractivity contribution in [1.29, 1.82) is 0 Å². The van der Waals surface area contributed by atoms with Gasteiger partial charge in [-0.15, -0.1) is 0 Å². The summed E-state index contributed by atoms with van der Waals surface area (Å²) in [6.45, 7) is 5.05. The zero-order chi connectivity index (χ0) is 21.1. The topological polar surface area (TPSA) is 29.5 Å². The average molecular weight is 342 g/mol. The first kappa shape index (κ1) is 14.6. The van der Waals surface area contributed by atoms with Gasteiger partial charge in [0.2, 0.25) is 5.91 Å². The maximum atomic E-state index is 12.4. The predicted octanol–water partition coefficient (Wildman–Crippen LogP) is 4.75. The molecule has 24 heavy (non-hydrogen) atoms. The molecular weight excluding hydrogens is 298 g/mol. The fraction of sp³-hybridized carbons (Fsp3) is 0.952. The molecule has 1 saturated carbocycles. The Kier molecular flexibility index (Phi) is 5.95. The fourth-order valence-electron chi connectivity index (χ4n) is 3.74. The summed E-state index contributed by atoms with van der Waals surface area (Å²) in [5.74, 6) is 1.25. The maximum Gasteiger partial charge on any atom is 0.225 e. The van der Waals surface area contributed by atoms with Crippen LogP contribution < -0.4 is 0 Å². The van der Waals surface area contributed by atoms with Gasteiger partial charge in [0.25, 0.3) is 0 Å². The van der Waals surface area contributed by atoms with Crippen molar-refractivity contribution < 1.29 is 15.0 Å². The quantitative estimate of drug-likeness (QED) is 0.625. The third-order valence-electron chi connectivity index (χ3n) is 5.65. The van der Waals surface area contributed by atoms with Gasteiger partial charge in [0.1, 0.15) is 0 Å². The van der Waals surface area contributed by atoms with E-state index in [4.69, 9.17) is 10.2 Å². The van der Waals surface area contributed by atoms with E-state index in [2.05, 4.69) is 13.8 Å². The second kappa shape index (κ2) is 9.79. The van der Waals surface area contributed by atoms with Gasteiger partial charge in [0, 0.05) is 37.6 Å². The number of hydrogen-bond acceptors (Lipinski definition) is 2. The van der Waals surface area contributed by atoms with Crippen molar-refractivity contribution in [2.45, 2.75) is 72.6 Å². The van der Waals surface area contributed by atoms with Crippen LogP contribution in [0.3, 0.4) is 0 Å². The van der Waals surface area contributed by atoms with E-state index in [1.165, 1.54) is 25.7 Å². The lowest BCUT2D eigenvalue weighted by Crippen LogP contribution is -2.41. The van der Waals surface area contributed by atoms with Crippen LogP contribution in [0, 0.1) is 29.6 Å². The smallest absolute Gasteiger partial charge is 0.225 e. The molecule has 1 amide bonds. The van der Waals surface area contributed by atoms with E-state index in [-0.39, 0.29) is 18.8 Å². The predicted molar refractivity (Wildman–Crippen MR) is 99.9 cm³/mol. The third kappa shape index (κ3) is 6.06. The summed E-state index contributed by atoms with van der Waals surface area (Å²) in [7, 11) is 0. The van der Waals surface area contributed by atoms with Gasteiger partial charge < -0.3 is 9.64 Å². The van der Waals surface area contributed by atoms with Crippen LogP contribution in [-0.4, -0.2) is 37.0 Å². The van der Waals surface area contributed by atoms with Crippen LogP contribution in [0.15, 0.2) is 0 Å². The molecule has 3 heteroatoms. The average Bonchev–Trinajstić information content (AvgIpc) is 2.56. The Labute approximate surface area is 155 Å². The highest BCUT2D eigenvalue weighted by molar-refractivity contribution is 5.78. The number of likely N-dealkylation sites (tertiary alicyclic amines) is 1. The zero-order valence-corrected chi connectivity index (χ0v) is 16.0. The molecule has 0 spiro atoms. The van der Waals surface area contributed by atoms with E-state index in [0.717, 1.165) is 29.1 Å². The molecule has 3 nitrogen and oxygen atoms in total. The standard InChI is InChI=1S/C21H39NO2/c1-16(2)20-7-5-18(6-8-20)11-14-24-15-19-9-12-22(13-10-19)21(23)17(3)4/h16-20H,5-15H2,1-4H3/i12D2,13D2. The lowest BCUT2D eigenvalue weighted by Gasteiger charge is -2.33. The van der Waals surface area contributed by atoms with E-state index >= 15 is 0 Å². The van der Waals surface area contributed by atoms with Crippen LogP contribution in [0.25, 0.3) is 0 Å². The lowest BCUT2D eigenvalue weighted by molar-refractivity contribution is -0.136. The zero-order valence-electron chi connectivity index (χ0n) is 20.0. The lowest BCUT2D eigenvalue weighted by atomic mass is 9.76. The van der Waals surface area contributed by atoms with Gasteiger partial charge in [-0.25, -0.2) is 0 Å². The van der Waals surface area contributed by atoms with Crippen LogP contribution in [0.2, 0.25) is 0 Å². The van der Waals surface area contributed by atoms with Crippen molar-refractivity contribution in [3.05, 3.63) is 0 Å². The van der Waals surface area contributed by atoms with Crippen molar-refractivity contribution in [3.63, 3.8) is 0 Å². The minimum absolute atomic E-state index is 0.129. The van der Waals surface area contributed by atoms with Gasteiger partial charge in [-0.1, -0.05) is 40.5 Å². The van der Waals surface area contributed by atoms with Gasteiger partial charge in [0.05, 0.1) is 0 Å². The molecule has 0 bridgehead atoms. The maximum absolute atomic E-state index is 12.4. The van der Waals surface area contributed by atoms with Crippen LogP contribution in [0.5, 0.6) is 0 Å². The summed E-state index contributed by atoms with van der Waals surface area (Å²) in [5, 5.41) is 0. The molecule has 0 aromatic carbocycles. The molecular formula is C21H39NO2. The third-order valence-corrected chi connectivity index (χ3v) is 5.65. The van der Waals surface area contributed by atoms with Gasteiger partial charge in [-0.05, 0) is 55.8 Å². The van der Waals surface area contributed by atoms with Gasteiger partial charge in [-0.3, -0.25) is 4.79 Å². The van der Waals surface area contributed by atoms with Crippen LogP contribution in [0.1, 0.15) is 78.1 Å². The molecule has 0 unspecified atom stereocenters. The van der Waals surface area contributed by atoms with Crippen molar-refractivity contribution in [3.8, 4) is 0 Å². The molecule has 2 fully saturated rings. The number of carbonyl (C=O) groups excluding carboxylic acids is 1. The molecule has 0 N–H and O–H groups in total. The van der Waals surface area contributed by atoms with Crippen molar-refractivity contribution >= 4 is 5.91 Å². The highest BCUT2D eigenvalue weighted by atomic mass is 16.5. The normalized spacial score (nSPS) is 33.0. The van der Waals surface area contributed by atoms with E-state index in [1.54, 1.807) is 13.8 Å². The van der Waals surface area contributed by atoms with Gasteiger partial charge in [0.15, 0.2) is 0 Å². The first-order chi connectivity index (χ1) is 12.9. The Morgan fingerprint density at radius 1 is 1.04 bits per heavy atom. The SMILES string of the molecule is [2H]C1([2H])CC(COCCC2CCC(C(C)C)CC2)CC([2H])([2H])N1C(=O)C(C)C. The molecule has 2 rings (SSSR count). The number of amides is 1. The molecule has 0 radical (unpaired) electrons. The summed E-state index contributed by atoms with van der Waals surface area (Å²) in [4.78, 5) is 13.2. The van der Waals surface area contributed by atoms with Crippen LogP contribution >= 0.6 is 0 Å². The van der Waals surface area contributed by atoms with E-state index in [0.29, 0.717) is 13.2 Å². The Hall–Kier alpha value is -0.570. The largest absolute Gasteiger partial charge is 0.381 e. The van der Waals surface area contributed by atoms with Gasteiger partial charge in [-0.2, -0.15) is 0 Å². The van der Waals surface area contributed by atoms with Crippen LogP contribution in [0.4, 0.5) is 0 Å². The summed E-state index contributed by atoms with van der Waals surface area (Å²) in [6, 6.07) is 0. The number of rotatable bonds is 7. The number of ether oxygens (including phenoxy) is 1. The number of carbonyl (C=O) groups is 1. The second-order valence-corrected chi connectivity index (χ2v) is 8.31. The van der Waals surface area contributed by atoms with E-state index < -0.39 is 24.8 Å². The summed E-state index contributed by atoms with van der Waals surface area (Å²) >= 11 is 0. The Morgan fingerprint density at radius 2 is 1.67 bits per heavy atom.